The topological polar surface area (TPSA) is 71.8 Å². The molecule has 6 nitrogen and oxygen atoms in total. The molecule has 2 unspecified atom stereocenters. The predicted octanol–water partition coefficient (Wildman–Crippen LogP) is 1.30. The standard InChI is InChI=1S/C16H21N5O/c1-11-3-5-13(6-4-11)21-10-15(19-20-21)16(22)18-14-7-8-17-9-12(14)2/h3-6,10,12,14,17H,7-9H2,1-2H3,(H,18,22). The highest BCUT2D eigenvalue weighted by Gasteiger charge is 2.24. The molecule has 3 rings (SSSR count). The number of rotatable bonds is 3. The second-order valence-electron chi connectivity index (χ2n) is 5.93. The molecule has 2 aromatic rings. The molecule has 1 amide bonds. The van der Waals surface area contributed by atoms with Crippen molar-refractivity contribution in [1.29, 1.82) is 0 Å². The SMILES string of the molecule is Cc1ccc(-n2cc(C(=O)NC3CCNCC3C)nn2)cc1. The first-order chi connectivity index (χ1) is 10.6. The fourth-order valence-electron chi connectivity index (χ4n) is 2.66. The van der Waals surface area contributed by atoms with Crippen LogP contribution in [0.4, 0.5) is 0 Å². The summed E-state index contributed by atoms with van der Waals surface area (Å²) in [6.45, 7) is 6.04. The number of hydrogen-bond donors (Lipinski definition) is 2. The van der Waals surface area contributed by atoms with Crippen molar-refractivity contribution in [3.05, 3.63) is 41.7 Å². The number of nitrogens with zero attached hydrogens (tertiary/aromatic N) is 3. The fraction of sp³-hybridized carbons (Fsp3) is 0.438. The Labute approximate surface area is 129 Å². The van der Waals surface area contributed by atoms with Gasteiger partial charge in [-0.15, -0.1) is 5.10 Å². The molecule has 0 aliphatic carbocycles. The Morgan fingerprint density at radius 1 is 1.36 bits per heavy atom. The van der Waals surface area contributed by atoms with E-state index >= 15 is 0 Å². The molecule has 22 heavy (non-hydrogen) atoms. The molecule has 6 heteroatoms. The number of nitrogens with one attached hydrogen (secondary N) is 2. The third-order valence-corrected chi connectivity index (χ3v) is 4.13. The van der Waals surface area contributed by atoms with Gasteiger partial charge < -0.3 is 10.6 Å². The highest BCUT2D eigenvalue weighted by molar-refractivity contribution is 5.92. The lowest BCUT2D eigenvalue weighted by Gasteiger charge is -2.29. The van der Waals surface area contributed by atoms with Gasteiger partial charge in [0, 0.05) is 6.04 Å². The van der Waals surface area contributed by atoms with Gasteiger partial charge in [-0.3, -0.25) is 4.79 Å². The molecule has 2 heterocycles. The van der Waals surface area contributed by atoms with E-state index in [0.29, 0.717) is 11.6 Å². The molecular weight excluding hydrogens is 278 g/mol. The Bertz CT molecular complexity index is 649. The van der Waals surface area contributed by atoms with Crippen molar-refractivity contribution in [2.24, 2.45) is 5.92 Å². The highest BCUT2D eigenvalue weighted by atomic mass is 16.2. The molecule has 1 saturated heterocycles. The zero-order valence-electron chi connectivity index (χ0n) is 12.9. The van der Waals surface area contributed by atoms with Crippen molar-refractivity contribution < 1.29 is 4.79 Å². The van der Waals surface area contributed by atoms with E-state index in [1.807, 2.05) is 31.2 Å². The summed E-state index contributed by atoms with van der Waals surface area (Å²) in [6, 6.07) is 8.13. The Morgan fingerprint density at radius 2 is 2.14 bits per heavy atom. The van der Waals surface area contributed by atoms with Gasteiger partial charge in [0.1, 0.15) is 0 Å². The summed E-state index contributed by atoms with van der Waals surface area (Å²) in [5.74, 6) is 0.266. The van der Waals surface area contributed by atoms with E-state index in [0.717, 1.165) is 25.2 Å². The average Bonchev–Trinajstić information content (AvgIpc) is 3.00. The Balaban J connectivity index is 1.70. The summed E-state index contributed by atoms with van der Waals surface area (Å²) in [4.78, 5) is 12.3. The van der Waals surface area contributed by atoms with Crippen molar-refractivity contribution in [3.8, 4) is 5.69 Å². The molecule has 1 aromatic carbocycles. The molecule has 1 aliphatic rings. The minimum Gasteiger partial charge on any atom is -0.347 e. The number of aryl methyl sites for hydroxylation is 1. The molecule has 0 saturated carbocycles. The van der Waals surface area contributed by atoms with Crippen molar-refractivity contribution >= 4 is 5.91 Å². The number of benzene rings is 1. The van der Waals surface area contributed by atoms with Crippen LogP contribution < -0.4 is 10.6 Å². The van der Waals surface area contributed by atoms with Gasteiger partial charge in [-0.2, -0.15) is 0 Å². The molecule has 1 aromatic heterocycles. The largest absolute Gasteiger partial charge is 0.347 e. The van der Waals surface area contributed by atoms with E-state index < -0.39 is 0 Å². The van der Waals surface area contributed by atoms with Crippen LogP contribution in [0.2, 0.25) is 0 Å². The van der Waals surface area contributed by atoms with Crippen LogP contribution in [0.5, 0.6) is 0 Å². The van der Waals surface area contributed by atoms with Gasteiger partial charge in [0.15, 0.2) is 5.69 Å². The Kier molecular flexibility index (Phi) is 4.20. The number of hydrogen-bond acceptors (Lipinski definition) is 4. The second-order valence-corrected chi connectivity index (χ2v) is 5.93. The van der Waals surface area contributed by atoms with Crippen LogP contribution in [-0.2, 0) is 0 Å². The summed E-state index contributed by atoms with van der Waals surface area (Å²) in [5.41, 5.74) is 2.43. The molecule has 0 bridgehead atoms. The normalized spacial score (nSPS) is 21.5. The van der Waals surface area contributed by atoms with Gasteiger partial charge in [0.05, 0.1) is 11.9 Å². The number of piperidine rings is 1. The lowest BCUT2D eigenvalue weighted by Crippen LogP contribution is -2.48. The van der Waals surface area contributed by atoms with Gasteiger partial charge in [-0.05, 0) is 44.5 Å². The minimum absolute atomic E-state index is 0.155. The van der Waals surface area contributed by atoms with E-state index in [1.54, 1.807) is 10.9 Å². The molecule has 1 fully saturated rings. The zero-order chi connectivity index (χ0) is 15.5. The van der Waals surface area contributed by atoms with Crippen LogP contribution >= 0.6 is 0 Å². The Morgan fingerprint density at radius 3 is 2.86 bits per heavy atom. The van der Waals surface area contributed by atoms with Crippen molar-refractivity contribution in [2.45, 2.75) is 26.3 Å². The monoisotopic (exact) mass is 299 g/mol. The predicted molar refractivity (Wildman–Crippen MR) is 84.0 cm³/mol. The lowest BCUT2D eigenvalue weighted by molar-refractivity contribution is 0.0909. The molecule has 0 radical (unpaired) electrons. The molecule has 116 valence electrons. The summed E-state index contributed by atoms with van der Waals surface area (Å²) in [7, 11) is 0. The van der Waals surface area contributed by atoms with Gasteiger partial charge in [0.25, 0.3) is 5.91 Å². The molecule has 2 N–H and O–H groups in total. The highest BCUT2D eigenvalue weighted by Crippen LogP contribution is 2.12. The van der Waals surface area contributed by atoms with E-state index in [-0.39, 0.29) is 11.9 Å². The van der Waals surface area contributed by atoms with E-state index in [9.17, 15) is 4.79 Å². The second kappa shape index (κ2) is 6.27. The zero-order valence-corrected chi connectivity index (χ0v) is 12.9. The number of carbonyl (C=O) groups is 1. The third kappa shape index (κ3) is 3.17. The average molecular weight is 299 g/mol. The molecule has 2 atom stereocenters. The molecular formula is C16H21N5O. The van der Waals surface area contributed by atoms with Gasteiger partial charge in [-0.25, -0.2) is 4.68 Å². The maximum atomic E-state index is 12.3. The first kappa shape index (κ1) is 14.7. The van der Waals surface area contributed by atoms with Crippen LogP contribution in [0.15, 0.2) is 30.5 Å². The van der Waals surface area contributed by atoms with Gasteiger partial charge in [0.2, 0.25) is 0 Å². The summed E-state index contributed by atoms with van der Waals surface area (Å²) in [5, 5.41) is 14.4. The van der Waals surface area contributed by atoms with Crippen molar-refractivity contribution in [1.82, 2.24) is 25.6 Å². The van der Waals surface area contributed by atoms with Crippen LogP contribution in [0.3, 0.4) is 0 Å². The first-order valence-electron chi connectivity index (χ1n) is 7.64. The quantitative estimate of drug-likeness (QED) is 0.896. The van der Waals surface area contributed by atoms with Crippen LogP contribution in [0.1, 0.15) is 29.4 Å². The van der Waals surface area contributed by atoms with Crippen molar-refractivity contribution in [3.63, 3.8) is 0 Å². The number of carbonyl (C=O) groups excluding carboxylic acids is 1. The first-order valence-corrected chi connectivity index (χ1v) is 7.64. The lowest BCUT2D eigenvalue weighted by atomic mass is 9.95. The number of amides is 1. The maximum absolute atomic E-state index is 12.3. The molecule has 1 aliphatic heterocycles. The van der Waals surface area contributed by atoms with Crippen LogP contribution in [0.25, 0.3) is 5.69 Å². The minimum atomic E-state index is -0.155. The maximum Gasteiger partial charge on any atom is 0.273 e. The smallest absolute Gasteiger partial charge is 0.273 e. The molecule has 0 spiro atoms. The van der Waals surface area contributed by atoms with Crippen LogP contribution in [0, 0.1) is 12.8 Å². The fourth-order valence-corrected chi connectivity index (χ4v) is 2.66. The van der Waals surface area contributed by atoms with Gasteiger partial charge in [-0.1, -0.05) is 29.8 Å². The third-order valence-electron chi connectivity index (χ3n) is 4.13. The Hall–Kier alpha value is -2.21. The van der Waals surface area contributed by atoms with Crippen molar-refractivity contribution in [2.75, 3.05) is 13.1 Å². The van der Waals surface area contributed by atoms with E-state index in [2.05, 4.69) is 27.9 Å². The summed E-state index contributed by atoms with van der Waals surface area (Å²) >= 11 is 0. The van der Waals surface area contributed by atoms with Gasteiger partial charge >= 0.3 is 0 Å². The summed E-state index contributed by atoms with van der Waals surface area (Å²) < 4.78 is 1.63. The van der Waals surface area contributed by atoms with Crippen LogP contribution in [-0.4, -0.2) is 40.0 Å². The van der Waals surface area contributed by atoms with E-state index in [1.165, 1.54) is 5.56 Å². The number of aromatic nitrogens is 3. The van der Waals surface area contributed by atoms with E-state index in [4.69, 9.17) is 0 Å². The summed E-state index contributed by atoms with van der Waals surface area (Å²) in [6.07, 6.45) is 2.62.